The summed E-state index contributed by atoms with van der Waals surface area (Å²) in [6, 6.07) is 0. The molecule has 1 atom stereocenters. The van der Waals surface area contributed by atoms with Crippen molar-refractivity contribution >= 4 is 0 Å². The molecule has 1 heterocycles. The van der Waals surface area contributed by atoms with Gasteiger partial charge in [-0.2, -0.15) is 0 Å². The minimum absolute atomic E-state index is 0.0855. The number of rotatable bonds is 1. The molecule has 0 aromatic heterocycles. The van der Waals surface area contributed by atoms with Crippen molar-refractivity contribution in [3.05, 3.63) is 10.1 Å². The van der Waals surface area contributed by atoms with Gasteiger partial charge in [0, 0.05) is 0 Å². The Hall–Kier alpha value is -0.750. The Labute approximate surface area is 56.5 Å². The quantitative estimate of drug-likeness (QED) is 0.295. The van der Waals surface area contributed by atoms with Crippen molar-refractivity contribution in [2.45, 2.75) is 6.23 Å². The van der Waals surface area contributed by atoms with Gasteiger partial charge in [0.2, 0.25) is 0 Å². The highest BCUT2D eigenvalue weighted by molar-refractivity contribution is 4.55. The van der Waals surface area contributed by atoms with E-state index < -0.39 is 11.2 Å². The summed E-state index contributed by atoms with van der Waals surface area (Å²) in [5.41, 5.74) is 0. The summed E-state index contributed by atoms with van der Waals surface area (Å²) in [5.74, 6) is 0. The lowest BCUT2D eigenvalue weighted by Gasteiger charge is -2.20. The number of ether oxygens (including phenoxy) is 1. The van der Waals surface area contributed by atoms with Gasteiger partial charge in [-0.25, -0.2) is 0 Å². The second-order valence-corrected chi connectivity index (χ2v) is 1.98. The molecule has 0 bridgehead atoms. The highest BCUT2D eigenvalue weighted by Crippen LogP contribution is 2.04. The Balaban J connectivity index is 2.39. The first kappa shape index (κ1) is 7.36. The lowest BCUT2D eigenvalue weighted by atomic mass is 10.4. The number of nitrogens with zero attached hydrogens (tertiary/aromatic N) is 2. The number of hydrogen-bond acceptors (Lipinski definition) is 4. The van der Waals surface area contributed by atoms with Crippen molar-refractivity contribution in [1.29, 1.82) is 0 Å². The largest absolute Gasteiger partial charge is 0.330 e. The predicted octanol–water partition coefficient (Wildman–Crippen LogP) is -0.194. The van der Waals surface area contributed by atoms with E-state index in [2.05, 4.69) is 4.74 Å². The van der Waals surface area contributed by atoms with Crippen LogP contribution in [0.1, 0.15) is 0 Å². The molecule has 6 heteroatoms. The summed E-state index contributed by atoms with van der Waals surface area (Å²) in [7, 11) is 0. The van der Waals surface area contributed by atoms with E-state index in [0.29, 0.717) is 5.12 Å². The Morgan fingerprint density at radius 3 is 2.90 bits per heavy atom. The third kappa shape index (κ3) is 1.61. The maximum Gasteiger partial charge on any atom is 0.330 e. The zero-order valence-corrected chi connectivity index (χ0v) is 5.20. The molecule has 1 unspecified atom stereocenters. The maximum absolute atomic E-state index is 12.2. The van der Waals surface area contributed by atoms with E-state index in [1.807, 2.05) is 0 Å². The zero-order chi connectivity index (χ0) is 7.56. The summed E-state index contributed by atoms with van der Waals surface area (Å²) in [4.78, 5) is 9.35. The van der Waals surface area contributed by atoms with Crippen LogP contribution in [0.25, 0.3) is 0 Å². The maximum atomic E-state index is 12.2. The fraction of sp³-hybridized carbons (Fsp3) is 1.00. The van der Waals surface area contributed by atoms with Crippen LogP contribution < -0.4 is 0 Å². The standard InChI is InChI=1S/C4H7FN2O3/c5-6-1-2-10-4(3-6)7(8)9/h4H,1-3H2. The Kier molecular flexibility index (Phi) is 2.13. The van der Waals surface area contributed by atoms with Gasteiger partial charge >= 0.3 is 6.23 Å². The van der Waals surface area contributed by atoms with Gasteiger partial charge in [-0.1, -0.05) is 0 Å². The van der Waals surface area contributed by atoms with E-state index in [1.54, 1.807) is 0 Å². The lowest BCUT2D eigenvalue weighted by molar-refractivity contribution is -0.583. The molecular weight excluding hydrogens is 143 g/mol. The summed E-state index contributed by atoms with van der Waals surface area (Å²) in [6.45, 7) is -0.0700. The van der Waals surface area contributed by atoms with E-state index in [0.717, 1.165) is 0 Å². The average molecular weight is 150 g/mol. The average Bonchev–Trinajstić information content (AvgIpc) is 1.88. The molecule has 0 spiro atoms. The molecule has 0 aliphatic carbocycles. The second-order valence-electron chi connectivity index (χ2n) is 1.98. The molecule has 0 aromatic carbocycles. The Morgan fingerprint density at radius 1 is 1.80 bits per heavy atom. The van der Waals surface area contributed by atoms with Crippen LogP contribution in [0.2, 0.25) is 0 Å². The molecule has 0 N–H and O–H groups in total. The Morgan fingerprint density at radius 2 is 2.50 bits per heavy atom. The van der Waals surface area contributed by atoms with Crippen molar-refractivity contribution in [2.75, 3.05) is 19.7 Å². The number of hydrogen-bond donors (Lipinski definition) is 0. The van der Waals surface area contributed by atoms with Gasteiger partial charge in [-0.05, 0) is 0 Å². The zero-order valence-electron chi connectivity index (χ0n) is 5.20. The first-order valence-electron chi connectivity index (χ1n) is 2.86. The van der Waals surface area contributed by atoms with Crippen LogP contribution in [0, 0.1) is 10.1 Å². The molecule has 1 saturated heterocycles. The van der Waals surface area contributed by atoms with Crippen molar-refractivity contribution in [1.82, 2.24) is 5.12 Å². The third-order valence-electron chi connectivity index (χ3n) is 1.23. The minimum Gasteiger partial charge on any atom is -0.315 e. The monoisotopic (exact) mass is 150 g/mol. The SMILES string of the molecule is O=[N+]([O-])C1CN(F)CCO1. The van der Waals surface area contributed by atoms with E-state index in [1.165, 1.54) is 0 Å². The highest BCUT2D eigenvalue weighted by atomic mass is 19.2. The highest BCUT2D eigenvalue weighted by Gasteiger charge is 2.28. The predicted molar refractivity (Wildman–Crippen MR) is 29.4 cm³/mol. The molecule has 1 aliphatic rings. The molecule has 58 valence electrons. The number of halogens is 1. The van der Waals surface area contributed by atoms with Gasteiger partial charge in [0.15, 0.2) is 0 Å². The van der Waals surface area contributed by atoms with Crippen molar-refractivity contribution in [3.8, 4) is 0 Å². The molecule has 0 amide bonds. The molecule has 1 fully saturated rings. The van der Waals surface area contributed by atoms with Crippen LogP contribution in [-0.2, 0) is 4.74 Å². The van der Waals surface area contributed by atoms with Gasteiger partial charge in [-0.15, -0.1) is 9.60 Å². The van der Waals surface area contributed by atoms with Crippen LogP contribution in [0.5, 0.6) is 0 Å². The van der Waals surface area contributed by atoms with Crippen LogP contribution in [-0.4, -0.2) is 36.0 Å². The normalized spacial score (nSPS) is 28.3. The van der Waals surface area contributed by atoms with E-state index >= 15 is 0 Å². The van der Waals surface area contributed by atoms with Crippen molar-refractivity contribution in [3.63, 3.8) is 0 Å². The minimum atomic E-state index is -1.20. The van der Waals surface area contributed by atoms with Crippen LogP contribution in [0.15, 0.2) is 0 Å². The van der Waals surface area contributed by atoms with Crippen LogP contribution in [0.4, 0.5) is 4.48 Å². The summed E-state index contributed by atoms with van der Waals surface area (Å²) in [6.07, 6.45) is -1.20. The van der Waals surface area contributed by atoms with Gasteiger partial charge < -0.3 is 4.74 Å². The molecule has 1 aliphatic heterocycles. The number of nitro groups is 1. The fourth-order valence-electron chi connectivity index (χ4n) is 0.729. The molecule has 10 heavy (non-hydrogen) atoms. The smallest absolute Gasteiger partial charge is 0.315 e. The summed E-state index contributed by atoms with van der Waals surface area (Å²) in [5, 5.41) is 10.4. The topological polar surface area (TPSA) is 55.6 Å². The molecule has 0 saturated carbocycles. The van der Waals surface area contributed by atoms with Crippen LogP contribution in [0.3, 0.4) is 0 Å². The van der Waals surface area contributed by atoms with Crippen LogP contribution >= 0.6 is 0 Å². The molecule has 0 aromatic rings. The molecule has 0 radical (unpaired) electrons. The lowest BCUT2D eigenvalue weighted by Crippen LogP contribution is -2.42. The van der Waals surface area contributed by atoms with E-state index in [4.69, 9.17) is 0 Å². The third-order valence-corrected chi connectivity index (χ3v) is 1.23. The first-order chi connectivity index (χ1) is 4.70. The Bertz CT molecular complexity index is 142. The molecular formula is C4H7FN2O3. The van der Waals surface area contributed by atoms with E-state index in [9.17, 15) is 14.6 Å². The first-order valence-corrected chi connectivity index (χ1v) is 2.86. The summed E-state index contributed by atoms with van der Waals surface area (Å²) < 4.78 is 16.9. The summed E-state index contributed by atoms with van der Waals surface area (Å²) >= 11 is 0. The van der Waals surface area contributed by atoms with Crippen molar-refractivity contribution < 1.29 is 14.1 Å². The fourth-order valence-corrected chi connectivity index (χ4v) is 0.729. The second kappa shape index (κ2) is 2.89. The molecule has 1 rings (SSSR count). The van der Waals surface area contributed by atoms with Gasteiger partial charge in [0.1, 0.15) is 6.54 Å². The number of morpholine rings is 1. The molecule has 5 nitrogen and oxygen atoms in total. The van der Waals surface area contributed by atoms with Gasteiger partial charge in [-0.3, -0.25) is 10.1 Å². The van der Waals surface area contributed by atoms with Crippen molar-refractivity contribution in [2.24, 2.45) is 0 Å². The van der Waals surface area contributed by atoms with Gasteiger partial charge in [0.25, 0.3) is 0 Å². The van der Waals surface area contributed by atoms with E-state index in [-0.39, 0.29) is 19.7 Å². The van der Waals surface area contributed by atoms with Gasteiger partial charge in [0.05, 0.1) is 18.1 Å².